The van der Waals surface area contributed by atoms with Crippen LogP contribution in [0.2, 0.25) is 0 Å². The smallest absolute Gasteiger partial charge is 0.243 e. The van der Waals surface area contributed by atoms with Crippen molar-refractivity contribution in [3.8, 4) is 0 Å². The van der Waals surface area contributed by atoms with Gasteiger partial charge in [-0.3, -0.25) is 0 Å². The summed E-state index contributed by atoms with van der Waals surface area (Å²) in [6.45, 7) is 14.7. The normalized spacial score (nSPS) is 17.4. The van der Waals surface area contributed by atoms with Gasteiger partial charge in [0.2, 0.25) is 10.0 Å². The summed E-state index contributed by atoms with van der Waals surface area (Å²) in [4.78, 5) is 2.94. The second-order valence-electron chi connectivity index (χ2n) is 8.39. The molecule has 0 radical (unpaired) electrons. The van der Waals surface area contributed by atoms with Crippen molar-refractivity contribution < 1.29 is 8.42 Å². The second kappa shape index (κ2) is 8.41. The van der Waals surface area contributed by atoms with Gasteiger partial charge in [0, 0.05) is 19.1 Å². The van der Waals surface area contributed by atoms with E-state index >= 15 is 0 Å². The predicted molar refractivity (Wildman–Crippen MR) is 109 cm³/mol. The molecule has 4 nitrogen and oxygen atoms in total. The Labute approximate surface area is 160 Å². The Morgan fingerprint density at radius 1 is 1.08 bits per heavy atom. The van der Waals surface area contributed by atoms with Crippen molar-refractivity contribution in [1.29, 1.82) is 0 Å². The minimum atomic E-state index is -3.43. The number of rotatable bonds is 6. The molecule has 0 aliphatic carbocycles. The van der Waals surface area contributed by atoms with Crippen LogP contribution in [0.4, 0.5) is 0 Å². The van der Waals surface area contributed by atoms with Crippen LogP contribution < -0.4 is 0 Å². The Hall–Kier alpha value is -0.910. The van der Waals surface area contributed by atoms with Crippen molar-refractivity contribution in [2.45, 2.75) is 71.7 Å². The summed E-state index contributed by atoms with van der Waals surface area (Å²) < 4.78 is 28.4. The van der Waals surface area contributed by atoms with Gasteiger partial charge in [-0.05, 0) is 88.7 Å². The van der Waals surface area contributed by atoms with E-state index in [2.05, 4.69) is 31.9 Å². The first-order valence-electron chi connectivity index (χ1n) is 9.83. The number of aryl methyl sites for hydroxylation is 2. The highest BCUT2D eigenvalue weighted by atomic mass is 32.2. The molecule has 148 valence electrons. The number of sulfonamides is 1. The third kappa shape index (κ3) is 4.49. The van der Waals surface area contributed by atoms with Crippen LogP contribution in [-0.4, -0.2) is 50.3 Å². The van der Waals surface area contributed by atoms with Gasteiger partial charge in [0.05, 0.1) is 4.90 Å². The summed E-state index contributed by atoms with van der Waals surface area (Å²) in [5, 5.41) is 0. The molecule has 26 heavy (non-hydrogen) atoms. The maximum absolute atomic E-state index is 13.3. The standard InChI is InChI=1S/C21H36N2O2S/c1-15(2)8-11-22(7)20-9-12-23(13-10-20)26(24,25)21-18(5)16(3)14-17(4)19(21)6/h14-15,20H,8-13H2,1-7H3. The average molecular weight is 381 g/mol. The van der Waals surface area contributed by atoms with Gasteiger partial charge in [-0.2, -0.15) is 4.31 Å². The van der Waals surface area contributed by atoms with E-state index in [1.807, 2.05) is 27.7 Å². The van der Waals surface area contributed by atoms with Crippen LogP contribution in [0.15, 0.2) is 11.0 Å². The molecule has 0 spiro atoms. The maximum atomic E-state index is 13.3. The minimum absolute atomic E-state index is 0.488. The van der Waals surface area contributed by atoms with Crippen molar-refractivity contribution in [3.63, 3.8) is 0 Å². The maximum Gasteiger partial charge on any atom is 0.243 e. The molecule has 0 N–H and O–H groups in total. The molecular formula is C21H36N2O2S. The summed E-state index contributed by atoms with van der Waals surface area (Å²) in [6, 6.07) is 2.57. The largest absolute Gasteiger partial charge is 0.303 e. The average Bonchev–Trinajstić information content (AvgIpc) is 2.58. The van der Waals surface area contributed by atoms with Crippen LogP contribution in [-0.2, 0) is 10.0 Å². The fraction of sp³-hybridized carbons (Fsp3) is 0.714. The summed E-state index contributed by atoms with van der Waals surface area (Å²) in [5.41, 5.74) is 3.89. The summed E-state index contributed by atoms with van der Waals surface area (Å²) in [5.74, 6) is 0.702. The molecule has 1 fully saturated rings. The highest BCUT2D eigenvalue weighted by Crippen LogP contribution is 2.30. The van der Waals surface area contributed by atoms with Gasteiger partial charge >= 0.3 is 0 Å². The van der Waals surface area contributed by atoms with Crippen molar-refractivity contribution in [3.05, 3.63) is 28.3 Å². The van der Waals surface area contributed by atoms with Crippen LogP contribution in [0.3, 0.4) is 0 Å². The Balaban J connectivity index is 2.14. The van der Waals surface area contributed by atoms with E-state index in [9.17, 15) is 8.42 Å². The van der Waals surface area contributed by atoms with Crippen molar-refractivity contribution in [1.82, 2.24) is 9.21 Å². The van der Waals surface area contributed by atoms with Crippen LogP contribution >= 0.6 is 0 Å². The highest BCUT2D eigenvalue weighted by Gasteiger charge is 2.33. The second-order valence-corrected chi connectivity index (χ2v) is 10.3. The Morgan fingerprint density at radius 2 is 1.58 bits per heavy atom. The molecule has 0 atom stereocenters. The third-order valence-corrected chi connectivity index (χ3v) is 8.17. The Morgan fingerprint density at radius 3 is 2.04 bits per heavy atom. The Kier molecular flexibility index (Phi) is 6.92. The van der Waals surface area contributed by atoms with Gasteiger partial charge in [0.25, 0.3) is 0 Å². The lowest BCUT2D eigenvalue weighted by molar-refractivity contribution is 0.162. The molecule has 0 amide bonds. The van der Waals surface area contributed by atoms with Crippen molar-refractivity contribution >= 4 is 10.0 Å². The SMILES string of the molecule is Cc1cc(C)c(C)c(S(=O)(=O)N2CCC(N(C)CCC(C)C)CC2)c1C. The molecule has 1 saturated heterocycles. The molecule has 2 rings (SSSR count). The molecule has 5 heteroatoms. The van der Waals surface area contributed by atoms with E-state index in [0.29, 0.717) is 29.9 Å². The summed E-state index contributed by atoms with van der Waals surface area (Å²) in [7, 11) is -1.25. The van der Waals surface area contributed by atoms with Gasteiger partial charge in [-0.25, -0.2) is 8.42 Å². The monoisotopic (exact) mass is 380 g/mol. The van der Waals surface area contributed by atoms with Crippen LogP contribution in [0.1, 0.15) is 55.4 Å². The van der Waals surface area contributed by atoms with E-state index in [1.165, 1.54) is 6.42 Å². The lowest BCUT2D eigenvalue weighted by Crippen LogP contribution is -2.46. The Bertz CT molecular complexity index is 707. The fourth-order valence-corrected chi connectivity index (χ4v) is 5.91. The zero-order chi connectivity index (χ0) is 19.6. The first-order valence-corrected chi connectivity index (χ1v) is 11.3. The van der Waals surface area contributed by atoms with Crippen LogP contribution in [0.25, 0.3) is 0 Å². The number of benzene rings is 1. The van der Waals surface area contributed by atoms with Crippen molar-refractivity contribution in [2.75, 3.05) is 26.7 Å². The first kappa shape index (κ1) is 21.4. The number of hydrogen-bond donors (Lipinski definition) is 0. The van der Waals surface area contributed by atoms with Gasteiger partial charge in [-0.1, -0.05) is 19.9 Å². The topological polar surface area (TPSA) is 40.6 Å². The molecule has 0 saturated carbocycles. The van der Waals surface area contributed by atoms with Gasteiger partial charge in [-0.15, -0.1) is 0 Å². The van der Waals surface area contributed by atoms with Crippen LogP contribution in [0, 0.1) is 33.6 Å². The molecule has 1 aliphatic rings. The lowest BCUT2D eigenvalue weighted by Gasteiger charge is -2.37. The molecule has 0 bridgehead atoms. The van der Waals surface area contributed by atoms with Crippen molar-refractivity contribution in [2.24, 2.45) is 5.92 Å². The fourth-order valence-electron chi connectivity index (χ4n) is 3.86. The zero-order valence-electron chi connectivity index (χ0n) is 17.6. The molecule has 1 aromatic rings. The van der Waals surface area contributed by atoms with Gasteiger partial charge in [0.1, 0.15) is 0 Å². The summed E-state index contributed by atoms with van der Waals surface area (Å²) >= 11 is 0. The molecule has 0 unspecified atom stereocenters. The van der Waals surface area contributed by atoms with Gasteiger partial charge in [0.15, 0.2) is 0 Å². The molecule has 0 aromatic heterocycles. The first-order chi connectivity index (χ1) is 12.1. The van der Waals surface area contributed by atoms with E-state index in [-0.39, 0.29) is 0 Å². The zero-order valence-corrected chi connectivity index (χ0v) is 18.4. The van der Waals surface area contributed by atoms with E-state index in [0.717, 1.165) is 41.6 Å². The van der Waals surface area contributed by atoms with E-state index < -0.39 is 10.0 Å². The van der Waals surface area contributed by atoms with E-state index in [4.69, 9.17) is 0 Å². The van der Waals surface area contributed by atoms with Gasteiger partial charge < -0.3 is 4.90 Å². The molecule has 1 aliphatic heterocycles. The molecule has 1 heterocycles. The quantitative estimate of drug-likeness (QED) is 0.747. The highest BCUT2D eigenvalue weighted by molar-refractivity contribution is 7.89. The molecule has 1 aromatic carbocycles. The molecular weight excluding hydrogens is 344 g/mol. The minimum Gasteiger partial charge on any atom is -0.303 e. The third-order valence-electron chi connectivity index (χ3n) is 6.00. The number of hydrogen-bond acceptors (Lipinski definition) is 3. The van der Waals surface area contributed by atoms with Crippen LogP contribution in [0.5, 0.6) is 0 Å². The number of nitrogens with zero attached hydrogens (tertiary/aromatic N) is 2. The summed E-state index contributed by atoms with van der Waals surface area (Å²) in [6.07, 6.45) is 3.02. The lowest BCUT2D eigenvalue weighted by atomic mass is 10.0. The number of piperidine rings is 1. The van der Waals surface area contributed by atoms with E-state index in [1.54, 1.807) is 4.31 Å². The predicted octanol–water partition coefficient (Wildman–Crippen LogP) is 4.05.